The lowest BCUT2D eigenvalue weighted by Crippen LogP contribution is -2.17. The smallest absolute Gasteiger partial charge is 0.165 e. The minimum atomic E-state index is 0.753. The summed E-state index contributed by atoms with van der Waals surface area (Å²) in [5.41, 5.74) is 3.04. The minimum absolute atomic E-state index is 0.753. The van der Waals surface area contributed by atoms with Gasteiger partial charge in [0.15, 0.2) is 5.82 Å². The molecule has 1 fully saturated rings. The number of H-pyrrole nitrogens is 1. The third-order valence-corrected chi connectivity index (χ3v) is 6.61. The summed E-state index contributed by atoms with van der Waals surface area (Å²) < 4.78 is 1.16. The van der Waals surface area contributed by atoms with Crippen LogP contribution in [0.2, 0.25) is 5.02 Å². The van der Waals surface area contributed by atoms with Crippen molar-refractivity contribution in [2.24, 2.45) is 5.92 Å². The standard InChI is InChI=1S/C17H21ClN4S/c1-9-12-14-15(23-17(12)20-10(2)13(9)18)16(22-21-14)19-8-11-6-4-3-5-7-11/h11H,3-8H2,1-2H3,(H2,19,21,22). The lowest BCUT2D eigenvalue weighted by molar-refractivity contribution is 0.373. The summed E-state index contributed by atoms with van der Waals surface area (Å²) in [4.78, 5) is 5.68. The topological polar surface area (TPSA) is 53.6 Å². The van der Waals surface area contributed by atoms with Crippen LogP contribution in [0.15, 0.2) is 0 Å². The SMILES string of the molecule is Cc1nc2sc3c(NCC4CCCCC4)n[nH]c3c2c(C)c1Cl. The van der Waals surface area contributed by atoms with Gasteiger partial charge in [-0.3, -0.25) is 5.10 Å². The van der Waals surface area contributed by atoms with Crippen molar-refractivity contribution in [3.8, 4) is 0 Å². The number of aromatic amines is 1. The molecule has 0 aliphatic heterocycles. The third-order valence-electron chi connectivity index (χ3n) is 4.96. The molecule has 1 aliphatic carbocycles. The van der Waals surface area contributed by atoms with Gasteiger partial charge in [0.1, 0.15) is 4.83 Å². The fourth-order valence-electron chi connectivity index (χ4n) is 3.62. The number of thiophene rings is 1. The highest BCUT2D eigenvalue weighted by Gasteiger charge is 2.19. The molecular formula is C17H21ClN4S. The molecule has 0 spiro atoms. The van der Waals surface area contributed by atoms with Gasteiger partial charge in [0.05, 0.1) is 20.9 Å². The predicted octanol–water partition coefficient (Wildman–Crippen LogP) is 5.44. The molecule has 0 amide bonds. The maximum absolute atomic E-state index is 6.38. The molecule has 0 unspecified atom stereocenters. The van der Waals surface area contributed by atoms with Crippen LogP contribution in [-0.4, -0.2) is 21.7 Å². The molecule has 1 aliphatic rings. The second-order valence-corrected chi connectivity index (χ2v) is 7.96. The van der Waals surface area contributed by atoms with Crippen molar-refractivity contribution in [3.63, 3.8) is 0 Å². The number of fused-ring (bicyclic) bond motifs is 3. The molecular weight excluding hydrogens is 328 g/mol. The fraction of sp³-hybridized carbons (Fsp3) is 0.529. The van der Waals surface area contributed by atoms with Crippen LogP contribution in [-0.2, 0) is 0 Å². The van der Waals surface area contributed by atoms with Crippen molar-refractivity contribution in [2.45, 2.75) is 46.0 Å². The zero-order chi connectivity index (χ0) is 16.0. The summed E-state index contributed by atoms with van der Waals surface area (Å²) in [5, 5.41) is 13.1. The maximum Gasteiger partial charge on any atom is 0.165 e. The molecule has 4 nitrogen and oxygen atoms in total. The highest BCUT2D eigenvalue weighted by atomic mass is 35.5. The van der Waals surface area contributed by atoms with Crippen LogP contribution < -0.4 is 5.32 Å². The number of nitrogens with zero attached hydrogens (tertiary/aromatic N) is 2. The first kappa shape index (κ1) is 15.2. The zero-order valence-electron chi connectivity index (χ0n) is 13.5. The number of anilines is 1. The van der Waals surface area contributed by atoms with Gasteiger partial charge < -0.3 is 5.32 Å². The molecule has 0 aromatic carbocycles. The van der Waals surface area contributed by atoms with Gasteiger partial charge in [0.25, 0.3) is 0 Å². The molecule has 4 rings (SSSR count). The van der Waals surface area contributed by atoms with Crippen molar-refractivity contribution >= 4 is 49.2 Å². The molecule has 3 aromatic rings. The van der Waals surface area contributed by atoms with E-state index in [1.807, 2.05) is 6.92 Å². The number of aromatic nitrogens is 3. The normalized spacial score (nSPS) is 16.5. The van der Waals surface area contributed by atoms with Crippen molar-refractivity contribution in [3.05, 3.63) is 16.3 Å². The second-order valence-electron chi connectivity index (χ2n) is 6.58. The van der Waals surface area contributed by atoms with Crippen LogP contribution in [0.4, 0.5) is 5.82 Å². The fourth-order valence-corrected chi connectivity index (χ4v) is 4.95. The Bertz CT molecular complexity index is 861. The summed E-state index contributed by atoms with van der Waals surface area (Å²) >= 11 is 8.07. The largest absolute Gasteiger partial charge is 0.367 e. The molecule has 3 aromatic heterocycles. The summed E-state index contributed by atoms with van der Waals surface area (Å²) in [5.74, 6) is 1.74. The van der Waals surface area contributed by atoms with Gasteiger partial charge >= 0.3 is 0 Å². The van der Waals surface area contributed by atoms with E-state index in [2.05, 4.69) is 27.4 Å². The highest BCUT2D eigenvalue weighted by Crippen LogP contribution is 2.40. The lowest BCUT2D eigenvalue weighted by atomic mass is 9.89. The molecule has 122 valence electrons. The van der Waals surface area contributed by atoms with Gasteiger partial charge in [-0.1, -0.05) is 30.9 Å². The molecule has 2 N–H and O–H groups in total. The Kier molecular flexibility index (Phi) is 3.93. The second kappa shape index (κ2) is 5.95. The van der Waals surface area contributed by atoms with E-state index in [0.717, 1.165) is 55.0 Å². The van der Waals surface area contributed by atoms with Crippen LogP contribution in [0.25, 0.3) is 20.4 Å². The van der Waals surface area contributed by atoms with Crippen molar-refractivity contribution in [1.29, 1.82) is 0 Å². The molecule has 23 heavy (non-hydrogen) atoms. The van der Waals surface area contributed by atoms with E-state index < -0.39 is 0 Å². The number of nitrogens with one attached hydrogen (secondary N) is 2. The average molecular weight is 349 g/mol. The lowest BCUT2D eigenvalue weighted by Gasteiger charge is -2.21. The average Bonchev–Trinajstić information content (AvgIpc) is 3.10. The summed E-state index contributed by atoms with van der Waals surface area (Å²) in [6.07, 6.45) is 6.80. The first-order valence-electron chi connectivity index (χ1n) is 8.32. The Morgan fingerprint density at radius 1 is 1.26 bits per heavy atom. The van der Waals surface area contributed by atoms with Gasteiger partial charge in [-0.2, -0.15) is 5.10 Å². The van der Waals surface area contributed by atoms with Gasteiger partial charge in [0.2, 0.25) is 0 Å². The Morgan fingerprint density at radius 3 is 2.83 bits per heavy atom. The molecule has 1 saturated carbocycles. The zero-order valence-corrected chi connectivity index (χ0v) is 15.1. The molecule has 6 heteroatoms. The monoisotopic (exact) mass is 348 g/mol. The highest BCUT2D eigenvalue weighted by molar-refractivity contribution is 7.26. The van der Waals surface area contributed by atoms with Gasteiger partial charge in [0, 0.05) is 11.9 Å². The van der Waals surface area contributed by atoms with Crippen LogP contribution in [0.3, 0.4) is 0 Å². The maximum atomic E-state index is 6.38. The third kappa shape index (κ3) is 2.60. The molecule has 0 atom stereocenters. The summed E-state index contributed by atoms with van der Waals surface area (Å²) in [7, 11) is 0. The van der Waals surface area contributed by atoms with Gasteiger partial charge in [-0.25, -0.2) is 4.98 Å². The quantitative estimate of drug-likeness (QED) is 0.663. The van der Waals surface area contributed by atoms with E-state index >= 15 is 0 Å². The molecule has 0 radical (unpaired) electrons. The number of rotatable bonds is 3. The van der Waals surface area contributed by atoms with Crippen LogP contribution >= 0.6 is 22.9 Å². The predicted molar refractivity (Wildman–Crippen MR) is 98.8 cm³/mol. The number of hydrogen-bond donors (Lipinski definition) is 2. The van der Waals surface area contributed by atoms with E-state index in [-0.39, 0.29) is 0 Å². The van der Waals surface area contributed by atoms with E-state index in [0.29, 0.717) is 0 Å². The Balaban J connectivity index is 1.69. The van der Waals surface area contributed by atoms with E-state index in [4.69, 9.17) is 11.6 Å². The van der Waals surface area contributed by atoms with Crippen LogP contribution in [0.5, 0.6) is 0 Å². The summed E-state index contributed by atoms with van der Waals surface area (Å²) in [6.45, 7) is 5.03. The number of halogens is 1. The van der Waals surface area contributed by atoms with Crippen molar-refractivity contribution in [2.75, 3.05) is 11.9 Å². The van der Waals surface area contributed by atoms with E-state index in [9.17, 15) is 0 Å². The van der Waals surface area contributed by atoms with E-state index in [1.54, 1.807) is 11.3 Å². The molecule has 0 saturated heterocycles. The summed E-state index contributed by atoms with van der Waals surface area (Å²) in [6, 6.07) is 0. The van der Waals surface area contributed by atoms with Gasteiger partial charge in [-0.05, 0) is 38.2 Å². The van der Waals surface area contributed by atoms with Crippen LogP contribution in [0.1, 0.15) is 43.4 Å². The minimum Gasteiger partial charge on any atom is -0.367 e. The first-order valence-corrected chi connectivity index (χ1v) is 9.51. The van der Waals surface area contributed by atoms with Crippen LogP contribution in [0, 0.1) is 19.8 Å². The van der Waals surface area contributed by atoms with Crippen molar-refractivity contribution in [1.82, 2.24) is 15.2 Å². The van der Waals surface area contributed by atoms with E-state index in [1.165, 1.54) is 32.1 Å². The van der Waals surface area contributed by atoms with Gasteiger partial charge in [-0.15, -0.1) is 11.3 Å². The Labute approximate surface area is 144 Å². The Hall–Kier alpha value is -1.33. The number of hydrogen-bond acceptors (Lipinski definition) is 4. The van der Waals surface area contributed by atoms with Crippen molar-refractivity contribution < 1.29 is 0 Å². The number of pyridine rings is 1. The number of aryl methyl sites for hydroxylation is 2. The first-order chi connectivity index (χ1) is 11.1. The molecule has 3 heterocycles. The Morgan fingerprint density at radius 2 is 2.04 bits per heavy atom. The molecule has 0 bridgehead atoms.